The zero-order valence-electron chi connectivity index (χ0n) is 12.2. The molecule has 1 rings (SSSR count). The lowest BCUT2D eigenvalue weighted by Gasteiger charge is -2.35. The average molecular weight is 266 g/mol. The molecule has 0 heterocycles. The molecule has 0 saturated heterocycles. The van der Waals surface area contributed by atoms with E-state index < -0.39 is 0 Å². The Bertz CT molecular complexity index is 348. The van der Waals surface area contributed by atoms with Crippen molar-refractivity contribution in [1.82, 2.24) is 4.90 Å². The third-order valence-electron chi connectivity index (χ3n) is 3.82. The summed E-state index contributed by atoms with van der Waals surface area (Å²) in [6.07, 6.45) is 2.10. The quantitative estimate of drug-likeness (QED) is 0.800. The molecule has 2 unspecified atom stereocenters. The normalized spacial score (nSPS) is 15.1. The molecule has 0 fully saturated rings. The van der Waals surface area contributed by atoms with E-state index >= 15 is 0 Å². The Kier molecular flexibility index (Phi) is 6.19. The molecule has 1 aromatic carbocycles. The smallest absolute Gasteiger partial charge is 0.0470 e. The summed E-state index contributed by atoms with van der Waals surface area (Å²) in [7, 11) is 2.17. The first kappa shape index (κ1) is 15.5. The van der Waals surface area contributed by atoms with Gasteiger partial charge in [-0.2, -0.15) is 0 Å². The van der Waals surface area contributed by atoms with Gasteiger partial charge in [0.25, 0.3) is 0 Å². The van der Waals surface area contributed by atoms with Gasteiger partial charge in [0, 0.05) is 23.5 Å². The largest absolute Gasteiger partial charge is 0.329 e. The van der Waals surface area contributed by atoms with Gasteiger partial charge in [-0.25, -0.2) is 0 Å². The monoisotopic (exact) mass is 266 g/mol. The van der Waals surface area contributed by atoms with Gasteiger partial charge >= 0.3 is 0 Å². The number of nitrogens with zero attached hydrogens (tertiary/aromatic N) is 1. The van der Waals surface area contributed by atoms with Gasteiger partial charge in [-0.1, -0.05) is 26.0 Å². The topological polar surface area (TPSA) is 29.3 Å². The Balaban J connectivity index is 2.87. The predicted molar refractivity (Wildman–Crippen MR) is 82.1 cm³/mol. The number of rotatable bonds is 6. The molecule has 2 nitrogen and oxygen atoms in total. The molecule has 2 atom stereocenters. The van der Waals surface area contributed by atoms with Gasteiger partial charge in [0.05, 0.1) is 0 Å². The fourth-order valence-electron chi connectivity index (χ4n) is 2.12. The highest BCUT2D eigenvalue weighted by Gasteiger charge is 2.22. The second-order valence-electron chi connectivity index (χ2n) is 5.17. The summed E-state index contributed by atoms with van der Waals surface area (Å²) in [5.74, 6) is 0.634. The maximum atomic E-state index is 5.97. The van der Waals surface area contributed by atoms with E-state index in [0.717, 1.165) is 0 Å². The summed E-state index contributed by atoms with van der Waals surface area (Å²) < 4.78 is 0. The van der Waals surface area contributed by atoms with Crippen LogP contribution in [-0.2, 0) is 0 Å². The fourth-order valence-corrected chi connectivity index (χ4v) is 2.53. The number of nitrogens with two attached hydrogens (primary N) is 1. The molecule has 0 spiro atoms. The van der Waals surface area contributed by atoms with Crippen LogP contribution < -0.4 is 5.73 Å². The molecule has 0 aliphatic rings. The van der Waals surface area contributed by atoms with Crippen LogP contribution in [0.15, 0.2) is 29.2 Å². The van der Waals surface area contributed by atoms with Crippen molar-refractivity contribution in [2.75, 3.05) is 19.8 Å². The minimum atomic E-state index is 0.304. The lowest BCUT2D eigenvalue weighted by Crippen LogP contribution is -2.39. The lowest BCUT2D eigenvalue weighted by atomic mass is 9.99. The fraction of sp³-hybridized carbons (Fsp3) is 0.600. The van der Waals surface area contributed by atoms with Gasteiger partial charge in [-0.05, 0) is 43.8 Å². The number of benzene rings is 1. The van der Waals surface area contributed by atoms with Crippen molar-refractivity contribution in [3.05, 3.63) is 29.8 Å². The Labute approximate surface area is 116 Å². The molecule has 3 heteroatoms. The van der Waals surface area contributed by atoms with E-state index in [9.17, 15) is 0 Å². The summed E-state index contributed by atoms with van der Waals surface area (Å²) in [5, 5.41) is 0. The van der Waals surface area contributed by atoms with Gasteiger partial charge in [0.2, 0.25) is 0 Å². The van der Waals surface area contributed by atoms with Gasteiger partial charge in [0.15, 0.2) is 0 Å². The van der Waals surface area contributed by atoms with Crippen molar-refractivity contribution >= 4 is 11.8 Å². The highest BCUT2D eigenvalue weighted by Crippen LogP contribution is 2.25. The average Bonchev–Trinajstić information content (AvgIpc) is 2.39. The van der Waals surface area contributed by atoms with Crippen molar-refractivity contribution in [3.8, 4) is 0 Å². The maximum absolute atomic E-state index is 5.97. The van der Waals surface area contributed by atoms with Crippen LogP contribution in [0.25, 0.3) is 0 Å². The van der Waals surface area contributed by atoms with E-state index in [1.807, 2.05) is 0 Å². The first-order valence-corrected chi connectivity index (χ1v) is 7.79. The summed E-state index contributed by atoms with van der Waals surface area (Å²) in [4.78, 5) is 3.69. The van der Waals surface area contributed by atoms with Crippen LogP contribution in [0.3, 0.4) is 0 Å². The number of thioether (sulfide) groups is 1. The van der Waals surface area contributed by atoms with Crippen LogP contribution in [0.1, 0.15) is 32.4 Å². The summed E-state index contributed by atoms with van der Waals surface area (Å²) in [6, 6.07) is 9.59. The van der Waals surface area contributed by atoms with E-state index in [-0.39, 0.29) is 0 Å². The summed E-state index contributed by atoms with van der Waals surface area (Å²) in [5.41, 5.74) is 7.28. The van der Waals surface area contributed by atoms with Crippen molar-refractivity contribution in [2.24, 2.45) is 11.7 Å². The highest BCUT2D eigenvalue weighted by atomic mass is 32.2. The second-order valence-corrected chi connectivity index (χ2v) is 6.05. The van der Waals surface area contributed by atoms with Crippen LogP contribution in [-0.4, -0.2) is 30.8 Å². The molecule has 0 aromatic heterocycles. The van der Waals surface area contributed by atoms with E-state index in [4.69, 9.17) is 5.73 Å². The second kappa shape index (κ2) is 7.17. The summed E-state index contributed by atoms with van der Waals surface area (Å²) >= 11 is 1.77. The van der Waals surface area contributed by atoms with Crippen molar-refractivity contribution in [1.29, 1.82) is 0 Å². The van der Waals surface area contributed by atoms with Crippen LogP contribution in [0.5, 0.6) is 0 Å². The Morgan fingerprint density at radius 2 is 1.72 bits per heavy atom. The van der Waals surface area contributed by atoms with Crippen LogP contribution in [0, 0.1) is 5.92 Å². The molecule has 0 aliphatic heterocycles. The van der Waals surface area contributed by atoms with E-state index in [1.54, 1.807) is 11.8 Å². The van der Waals surface area contributed by atoms with E-state index in [0.29, 0.717) is 24.5 Å². The molecular weight excluding hydrogens is 240 g/mol. The molecule has 18 heavy (non-hydrogen) atoms. The van der Waals surface area contributed by atoms with Gasteiger partial charge in [-0.3, -0.25) is 4.90 Å². The van der Waals surface area contributed by atoms with Gasteiger partial charge in [0.1, 0.15) is 0 Å². The van der Waals surface area contributed by atoms with Crippen molar-refractivity contribution in [3.63, 3.8) is 0 Å². The van der Waals surface area contributed by atoms with Crippen LogP contribution >= 0.6 is 11.8 Å². The Morgan fingerprint density at radius 3 is 2.11 bits per heavy atom. The molecule has 0 radical (unpaired) electrons. The van der Waals surface area contributed by atoms with Crippen molar-refractivity contribution in [2.45, 2.75) is 37.8 Å². The molecule has 0 saturated carbocycles. The SMILES string of the molecule is CSc1ccc(C(CN)N(C)C(C)C(C)C)cc1. The number of likely N-dealkylation sites (N-methyl/N-ethyl adjacent to an activating group) is 1. The highest BCUT2D eigenvalue weighted by molar-refractivity contribution is 7.98. The minimum absolute atomic E-state index is 0.304. The number of hydrogen-bond donors (Lipinski definition) is 1. The predicted octanol–water partition coefficient (Wildman–Crippen LogP) is 3.38. The first-order valence-electron chi connectivity index (χ1n) is 6.57. The molecule has 0 aliphatic carbocycles. The van der Waals surface area contributed by atoms with E-state index in [2.05, 4.69) is 63.2 Å². The lowest BCUT2D eigenvalue weighted by molar-refractivity contribution is 0.152. The summed E-state index contributed by atoms with van der Waals surface area (Å²) in [6.45, 7) is 7.44. The maximum Gasteiger partial charge on any atom is 0.0470 e. The molecule has 0 bridgehead atoms. The van der Waals surface area contributed by atoms with Crippen LogP contribution in [0.2, 0.25) is 0 Å². The van der Waals surface area contributed by atoms with Crippen molar-refractivity contribution < 1.29 is 0 Å². The third kappa shape index (κ3) is 3.74. The standard InChI is InChI=1S/C15H26N2S/c1-11(2)12(3)17(4)15(10-16)13-6-8-14(18-5)9-7-13/h6-9,11-12,15H,10,16H2,1-5H3. The molecule has 102 valence electrons. The van der Waals surface area contributed by atoms with Crippen LogP contribution in [0.4, 0.5) is 0 Å². The molecular formula is C15H26N2S. The first-order chi connectivity index (χ1) is 8.51. The zero-order valence-corrected chi connectivity index (χ0v) is 13.0. The minimum Gasteiger partial charge on any atom is -0.329 e. The Morgan fingerprint density at radius 1 is 1.17 bits per heavy atom. The van der Waals surface area contributed by atoms with Gasteiger partial charge in [-0.15, -0.1) is 11.8 Å². The van der Waals surface area contributed by atoms with E-state index in [1.165, 1.54) is 10.5 Å². The molecule has 2 N–H and O–H groups in total. The molecule has 1 aromatic rings. The third-order valence-corrected chi connectivity index (χ3v) is 4.57. The zero-order chi connectivity index (χ0) is 13.7. The Hall–Kier alpha value is -0.510. The van der Waals surface area contributed by atoms with Gasteiger partial charge < -0.3 is 5.73 Å². The number of hydrogen-bond acceptors (Lipinski definition) is 3. The molecule has 0 amide bonds.